The van der Waals surface area contributed by atoms with Crippen LogP contribution in [0.25, 0.3) is 11.1 Å². The van der Waals surface area contributed by atoms with Crippen LogP contribution in [-0.4, -0.2) is 37.2 Å². The van der Waals surface area contributed by atoms with Crippen LogP contribution in [0, 0.1) is 0 Å². The van der Waals surface area contributed by atoms with Crippen LogP contribution in [0.4, 0.5) is 13.2 Å². The van der Waals surface area contributed by atoms with Crippen LogP contribution in [0.3, 0.4) is 0 Å². The van der Waals surface area contributed by atoms with Crippen molar-refractivity contribution in [2.45, 2.75) is 25.4 Å². The fraction of sp³-hybridized carbons (Fsp3) is 0.350. The fourth-order valence-electron chi connectivity index (χ4n) is 3.47. The van der Waals surface area contributed by atoms with Gasteiger partial charge in [0.05, 0.1) is 7.11 Å². The SMILES string of the molecule is COc1cc2c(cc1-c1ccccc1)C(C)CN(C(=O)C(F)(F)F)CC2. The average Bonchev–Trinajstić information content (AvgIpc) is 2.78. The van der Waals surface area contributed by atoms with Crippen LogP contribution in [0.1, 0.15) is 24.0 Å². The highest BCUT2D eigenvalue weighted by molar-refractivity contribution is 5.82. The van der Waals surface area contributed by atoms with Crippen LogP contribution in [0.2, 0.25) is 0 Å². The molecule has 1 amide bonds. The van der Waals surface area contributed by atoms with Crippen LogP contribution in [0.5, 0.6) is 5.75 Å². The Balaban J connectivity index is 1.99. The maximum absolute atomic E-state index is 12.8. The molecule has 0 aromatic heterocycles. The van der Waals surface area contributed by atoms with Crippen LogP contribution >= 0.6 is 0 Å². The molecule has 0 aliphatic carbocycles. The molecule has 3 rings (SSSR count). The Morgan fingerprint density at radius 3 is 2.50 bits per heavy atom. The van der Waals surface area contributed by atoms with Gasteiger partial charge in [-0.2, -0.15) is 13.2 Å². The molecular weight excluding hydrogens is 343 g/mol. The third-order valence-electron chi connectivity index (χ3n) is 4.75. The summed E-state index contributed by atoms with van der Waals surface area (Å²) in [4.78, 5) is 12.6. The van der Waals surface area contributed by atoms with Gasteiger partial charge in [-0.15, -0.1) is 0 Å². The second-order valence-corrected chi connectivity index (χ2v) is 6.52. The van der Waals surface area contributed by atoms with Crippen molar-refractivity contribution < 1.29 is 22.7 Å². The van der Waals surface area contributed by atoms with Crippen molar-refractivity contribution in [3.05, 3.63) is 53.6 Å². The molecule has 2 aromatic rings. The minimum absolute atomic E-state index is 0.0452. The Kier molecular flexibility index (Phi) is 4.94. The van der Waals surface area contributed by atoms with Gasteiger partial charge in [-0.05, 0) is 41.2 Å². The first-order valence-electron chi connectivity index (χ1n) is 8.43. The monoisotopic (exact) mass is 363 g/mol. The van der Waals surface area contributed by atoms with Gasteiger partial charge in [0.2, 0.25) is 0 Å². The van der Waals surface area contributed by atoms with Crippen molar-refractivity contribution in [1.29, 1.82) is 0 Å². The quantitative estimate of drug-likeness (QED) is 0.791. The molecule has 0 spiro atoms. The zero-order valence-electron chi connectivity index (χ0n) is 14.6. The predicted octanol–water partition coefficient (Wildman–Crippen LogP) is 4.41. The predicted molar refractivity (Wildman–Crippen MR) is 93.2 cm³/mol. The van der Waals surface area contributed by atoms with E-state index in [2.05, 4.69) is 0 Å². The fourth-order valence-corrected chi connectivity index (χ4v) is 3.47. The number of hydrogen-bond donors (Lipinski definition) is 0. The largest absolute Gasteiger partial charge is 0.496 e. The molecule has 0 fully saturated rings. The molecule has 1 aliphatic rings. The molecule has 0 saturated carbocycles. The van der Waals surface area contributed by atoms with E-state index in [0.717, 1.165) is 27.2 Å². The Morgan fingerprint density at radius 1 is 1.19 bits per heavy atom. The van der Waals surface area contributed by atoms with Gasteiger partial charge in [-0.1, -0.05) is 37.3 Å². The van der Waals surface area contributed by atoms with E-state index in [1.165, 1.54) is 0 Å². The number of ether oxygens (including phenoxy) is 1. The van der Waals surface area contributed by atoms with E-state index in [-0.39, 0.29) is 19.0 Å². The van der Waals surface area contributed by atoms with E-state index in [0.29, 0.717) is 12.2 Å². The number of carbonyl (C=O) groups excluding carboxylic acids is 1. The minimum atomic E-state index is -4.84. The number of carbonyl (C=O) groups is 1. The molecule has 0 radical (unpaired) electrons. The van der Waals surface area contributed by atoms with Crippen molar-refractivity contribution in [1.82, 2.24) is 4.90 Å². The van der Waals surface area contributed by atoms with Gasteiger partial charge in [-0.3, -0.25) is 4.79 Å². The Hall–Kier alpha value is -2.50. The zero-order chi connectivity index (χ0) is 18.9. The van der Waals surface area contributed by atoms with Crippen LogP contribution < -0.4 is 4.74 Å². The van der Waals surface area contributed by atoms with Crippen LogP contribution in [0.15, 0.2) is 42.5 Å². The third kappa shape index (κ3) is 3.54. The number of hydrogen-bond acceptors (Lipinski definition) is 2. The summed E-state index contributed by atoms with van der Waals surface area (Å²) in [6.07, 6.45) is -4.48. The number of methoxy groups -OCH3 is 1. The topological polar surface area (TPSA) is 29.5 Å². The highest BCUT2D eigenvalue weighted by atomic mass is 19.4. The molecule has 26 heavy (non-hydrogen) atoms. The molecular formula is C20H20F3NO2. The lowest BCUT2D eigenvalue weighted by Crippen LogP contribution is -2.42. The number of halogens is 3. The Bertz CT molecular complexity index is 803. The van der Waals surface area contributed by atoms with Crippen LogP contribution in [-0.2, 0) is 11.2 Å². The summed E-state index contributed by atoms with van der Waals surface area (Å²) in [6.45, 7) is 1.94. The molecule has 1 heterocycles. The maximum atomic E-state index is 12.8. The van der Waals surface area contributed by atoms with E-state index in [1.54, 1.807) is 7.11 Å². The van der Waals surface area contributed by atoms with Crippen molar-refractivity contribution in [2.75, 3.05) is 20.2 Å². The van der Waals surface area contributed by atoms with Crippen molar-refractivity contribution in [3.8, 4) is 16.9 Å². The molecule has 1 atom stereocenters. The normalized spacial score (nSPS) is 17.4. The molecule has 1 aliphatic heterocycles. The third-order valence-corrected chi connectivity index (χ3v) is 4.75. The van der Waals surface area contributed by atoms with E-state index in [4.69, 9.17) is 4.74 Å². The summed E-state index contributed by atoms with van der Waals surface area (Å²) in [6, 6.07) is 13.6. The van der Waals surface area contributed by atoms with E-state index >= 15 is 0 Å². The second kappa shape index (κ2) is 7.02. The summed E-state index contributed by atoms with van der Waals surface area (Å²) in [5, 5.41) is 0. The van der Waals surface area contributed by atoms with Crippen molar-refractivity contribution in [2.24, 2.45) is 0 Å². The molecule has 0 bridgehead atoms. The Morgan fingerprint density at radius 2 is 1.88 bits per heavy atom. The molecule has 0 N–H and O–H groups in total. The molecule has 1 unspecified atom stereocenters. The highest BCUT2D eigenvalue weighted by Crippen LogP contribution is 2.37. The minimum Gasteiger partial charge on any atom is -0.496 e. The van der Waals surface area contributed by atoms with Gasteiger partial charge in [-0.25, -0.2) is 0 Å². The number of alkyl halides is 3. The van der Waals surface area contributed by atoms with Gasteiger partial charge in [0, 0.05) is 18.7 Å². The second-order valence-electron chi connectivity index (χ2n) is 6.52. The highest BCUT2D eigenvalue weighted by Gasteiger charge is 2.43. The standard InChI is InChI=1S/C20H20F3NO2/c1-13-12-24(19(25)20(21,22)23)9-8-15-10-18(26-2)17(11-16(13)15)14-6-4-3-5-7-14/h3-7,10-11,13H,8-9,12H2,1-2H3. The first kappa shape index (κ1) is 18.3. The first-order valence-corrected chi connectivity index (χ1v) is 8.43. The number of fused-ring (bicyclic) bond motifs is 1. The molecule has 6 heteroatoms. The van der Waals surface area contributed by atoms with Crippen molar-refractivity contribution in [3.63, 3.8) is 0 Å². The van der Waals surface area contributed by atoms with E-state index in [1.807, 2.05) is 49.4 Å². The number of rotatable bonds is 2. The molecule has 2 aromatic carbocycles. The smallest absolute Gasteiger partial charge is 0.471 e. The summed E-state index contributed by atoms with van der Waals surface area (Å²) in [5.41, 5.74) is 3.76. The average molecular weight is 363 g/mol. The molecule has 3 nitrogen and oxygen atoms in total. The lowest BCUT2D eigenvalue weighted by atomic mass is 9.90. The molecule has 0 saturated heterocycles. The van der Waals surface area contributed by atoms with Gasteiger partial charge in [0.15, 0.2) is 0 Å². The van der Waals surface area contributed by atoms with Gasteiger partial charge in [0.25, 0.3) is 0 Å². The summed E-state index contributed by atoms with van der Waals surface area (Å²) in [7, 11) is 1.58. The lowest BCUT2D eigenvalue weighted by molar-refractivity contribution is -0.185. The van der Waals surface area contributed by atoms with Gasteiger partial charge >= 0.3 is 12.1 Å². The Labute approximate surface area is 150 Å². The number of amides is 1. The lowest BCUT2D eigenvalue weighted by Gasteiger charge is -2.24. The summed E-state index contributed by atoms with van der Waals surface area (Å²) >= 11 is 0. The van der Waals surface area contributed by atoms with Crippen molar-refractivity contribution >= 4 is 5.91 Å². The van der Waals surface area contributed by atoms with E-state index < -0.39 is 12.1 Å². The number of nitrogens with zero attached hydrogens (tertiary/aromatic N) is 1. The number of benzene rings is 2. The summed E-state index contributed by atoms with van der Waals surface area (Å²) < 4.78 is 44.0. The molecule has 138 valence electrons. The first-order chi connectivity index (χ1) is 12.3. The van der Waals surface area contributed by atoms with Gasteiger partial charge in [0.1, 0.15) is 5.75 Å². The maximum Gasteiger partial charge on any atom is 0.471 e. The zero-order valence-corrected chi connectivity index (χ0v) is 14.6. The summed E-state index contributed by atoms with van der Waals surface area (Å²) in [5.74, 6) is -1.29. The van der Waals surface area contributed by atoms with E-state index in [9.17, 15) is 18.0 Å². The van der Waals surface area contributed by atoms with Gasteiger partial charge < -0.3 is 9.64 Å².